The van der Waals surface area contributed by atoms with Crippen LogP contribution in [0.3, 0.4) is 0 Å². The van der Waals surface area contributed by atoms with Crippen LogP contribution >= 0.6 is 0 Å². The van der Waals surface area contributed by atoms with Crippen molar-refractivity contribution in [1.29, 1.82) is 0 Å². The van der Waals surface area contributed by atoms with E-state index in [0.29, 0.717) is 6.04 Å². The van der Waals surface area contributed by atoms with Crippen molar-refractivity contribution in [3.05, 3.63) is 64.1 Å². The van der Waals surface area contributed by atoms with Gasteiger partial charge in [0, 0.05) is 24.6 Å². The zero-order chi connectivity index (χ0) is 15.1. The van der Waals surface area contributed by atoms with Crippen molar-refractivity contribution in [2.24, 2.45) is 0 Å². The Balaban J connectivity index is 1.93. The summed E-state index contributed by atoms with van der Waals surface area (Å²) in [5, 5.41) is 14.1. The van der Waals surface area contributed by atoms with Crippen molar-refractivity contribution in [2.75, 3.05) is 6.54 Å². The van der Waals surface area contributed by atoms with E-state index in [1.807, 2.05) is 24.3 Å². The fourth-order valence-corrected chi connectivity index (χ4v) is 2.37. The van der Waals surface area contributed by atoms with Crippen LogP contribution in [-0.2, 0) is 12.8 Å². The van der Waals surface area contributed by atoms with Gasteiger partial charge in [-0.3, -0.25) is 10.1 Å². The van der Waals surface area contributed by atoms with Crippen molar-refractivity contribution >= 4 is 5.69 Å². The molecule has 1 heterocycles. The Bertz CT molecular complexity index is 549. The predicted molar refractivity (Wildman–Crippen MR) is 81.3 cm³/mol. The number of hydrogen-bond donors (Lipinski definition) is 1. The maximum Gasteiger partial charge on any atom is 0.269 e. The molecule has 0 amide bonds. The second kappa shape index (κ2) is 7.59. The van der Waals surface area contributed by atoms with Gasteiger partial charge >= 0.3 is 0 Å². The lowest BCUT2D eigenvalue weighted by molar-refractivity contribution is -0.384. The summed E-state index contributed by atoms with van der Waals surface area (Å²) in [5.74, 6) is 0.988. The summed E-state index contributed by atoms with van der Waals surface area (Å²) in [7, 11) is 0. The summed E-state index contributed by atoms with van der Waals surface area (Å²) in [6, 6.07) is 11.0. The van der Waals surface area contributed by atoms with Crippen molar-refractivity contribution in [1.82, 2.24) is 5.32 Å². The van der Waals surface area contributed by atoms with Crippen LogP contribution in [0.25, 0.3) is 0 Å². The lowest BCUT2D eigenvalue weighted by atomic mass is 10.0. The van der Waals surface area contributed by atoms with Gasteiger partial charge in [0.2, 0.25) is 0 Å². The first-order chi connectivity index (χ1) is 10.2. The number of furan rings is 1. The number of rotatable bonds is 8. The van der Waals surface area contributed by atoms with Crippen molar-refractivity contribution < 1.29 is 9.34 Å². The molecule has 2 rings (SSSR count). The van der Waals surface area contributed by atoms with Crippen molar-refractivity contribution in [3.8, 4) is 0 Å². The first-order valence-corrected chi connectivity index (χ1v) is 7.18. The number of nitrogens with zero attached hydrogens (tertiary/aromatic N) is 1. The average molecular weight is 288 g/mol. The van der Waals surface area contributed by atoms with E-state index in [9.17, 15) is 10.1 Å². The Hall–Kier alpha value is -2.14. The molecule has 1 unspecified atom stereocenters. The highest BCUT2D eigenvalue weighted by atomic mass is 16.6. The van der Waals surface area contributed by atoms with Crippen LogP contribution in [0.2, 0.25) is 0 Å². The monoisotopic (exact) mass is 288 g/mol. The number of nitrogens with one attached hydrogen (secondary N) is 1. The van der Waals surface area contributed by atoms with E-state index in [0.717, 1.165) is 37.1 Å². The minimum Gasteiger partial charge on any atom is -0.469 e. The van der Waals surface area contributed by atoms with Crippen LogP contribution in [0.15, 0.2) is 47.1 Å². The third-order valence-electron chi connectivity index (χ3n) is 3.44. The molecule has 1 aromatic carbocycles. The van der Waals surface area contributed by atoms with Crippen LogP contribution in [0, 0.1) is 10.1 Å². The van der Waals surface area contributed by atoms with Gasteiger partial charge in [0.1, 0.15) is 5.76 Å². The quantitative estimate of drug-likeness (QED) is 0.597. The number of likely N-dealkylation sites (N-methyl/N-ethyl adjacent to an activating group) is 1. The number of non-ortho nitro benzene ring substituents is 1. The van der Waals surface area contributed by atoms with E-state index >= 15 is 0 Å². The number of nitro groups is 1. The molecular formula is C16H20N2O3. The Morgan fingerprint density at radius 1 is 1.29 bits per heavy atom. The summed E-state index contributed by atoms with van der Waals surface area (Å²) in [6.45, 7) is 2.98. The Labute approximate surface area is 124 Å². The highest BCUT2D eigenvalue weighted by Gasteiger charge is 2.11. The van der Waals surface area contributed by atoms with E-state index in [4.69, 9.17) is 4.42 Å². The molecule has 0 radical (unpaired) electrons. The van der Waals surface area contributed by atoms with Gasteiger partial charge in [-0.05, 0) is 37.1 Å². The van der Waals surface area contributed by atoms with Crippen LogP contribution in [0.1, 0.15) is 24.7 Å². The lowest BCUT2D eigenvalue weighted by Gasteiger charge is -2.17. The van der Waals surface area contributed by atoms with E-state index in [-0.39, 0.29) is 10.6 Å². The SMILES string of the molecule is CCNC(CCc1ccco1)Cc1ccc([N+](=O)[O-])cc1. The summed E-state index contributed by atoms with van der Waals surface area (Å²) in [5.41, 5.74) is 1.24. The first kappa shape index (κ1) is 15.3. The van der Waals surface area contributed by atoms with Crippen LogP contribution < -0.4 is 5.32 Å². The zero-order valence-corrected chi connectivity index (χ0v) is 12.1. The highest BCUT2D eigenvalue weighted by Crippen LogP contribution is 2.15. The average Bonchev–Trinajstić information content (AvgIpc) is 2.99. The van der Waals surface area contributed by atoms with Crippen molar-refractivity contribution in [3.63, 3.8) is 0 Å². The molecule has 0 aliphatic heterocycles. The molecule has 0 aliphatic rings. The molecular weight excluding hydrogens is 268 g/mol. The van der Waals surface area contributed by atoms with Gasteiger partial charge in [-0.1, -0.05) is 19.1 Å². The van der Waals surface area contributed by atoms with Gasteiger partial charge in [0.25, 0.3) is 5.69 Å². The third-order valence-corrected chi connectivity index (χ3v) is 3.44. The van der Waals surface area contributed by atoms with Gasteiger partial charge < -0.3 is 9.73 Å². The minimum atomic E-state index is -0.373. The largest absolute Gasteiger partial charge is 0.469 e. The molecule has 0 saturated carbocycles. The highest BCUT2D eigenvalue weighted by molar-refractivity contribution is 5.33. The molecule has 0 aliphatic carbocycles. The molecule has 0 bridgehead atoms. The second-order valence-corrected chi connectivity index (χ2v) is 5.00. The van der Waals surface area contributed by atoms with E-state index in [1.165, 1.54) is 0 Å². The second-order valence-electron chi connectivity index (χ2n) is 5.00. The number of benzene rings is 1. The summed E-state index contributed by atoms with van der Waals surface area (Å²) in [4.78, 5) is 10.3. The Morgan fingerprint density at radius 2 is 2.05 bits per heavy atom. The van der Waals surface area contributed by atoms with Gasteiger partial charge in [0.05, 0.1) is 11.2 Å². The van der Waals surface area contributed by atoms with Crippen LogP contribution in [0.4, 0.5) is 5.69 Å². The summed E-state index contributed by atoms with van der Waals surface area (Å²) >= 11 is 0. The normalized spacial score (nSPS) is 12.2. The maximum atomic E-state index is 10.7. The van der Waals surface area contributed by atoms with Gasteiger partial charge in [0.15, 0.2) is 0 Å². The molecule has 2 aromatic rings. The maximum absolute atomic E-state index is 10.7. The lowest BCUT2D eigenvalue weighted by Crippen LogP contribution is -2.31. The van der Waals surface area contributed by atoms with E-state index in [1.54, 1.807) is 18.4 Å². The summed E-state index contributed by atoms with van der Waals surface area (Å²) < 4.78 is 5.35. The molecule has 5 heteroatoms. The number of aryl methyl sites for hydroxylation is 1. The first-order valence-electron chi connectivity index (χ1n) is 7.18. The predicted octanol–water partition coefficient (Wildman–Crippen LogP) is 3.34. The Kier molecular flexibility index (Phi) is 5.51. The molecule has 0 saturated heterocycles. The molecule has 5 nitrogen and oxygen atoms in total. The zero-order valence-electron chi connectivity index (χ0n) is 12.1. The summed E-state index contributed by atoms with van der Waals surface area (Å²) in [6.07, 6.45) is 4.40. The van der Waals surface area contributed by atoms with Gasteiger partial charge in [-0.25, -0.2) is 0 Å². The molecule has 1 N–H and O–H groups in total. The molecule has 21 heavy (non-hydrogen) atoms. The van der Waals surface area contributed by atoms with Crippen LogP contribution in [-0.4, -0.2) is 17.5 Å². The smallest absolute Gasteiger partial charge is 0.269 e. The fraction of sp³-hybridized carbons (Fsp3) is 0.375. The molecule has 1 aromatic heterocycles. The molecule has 1 atom stereocenters. The van der Waals surface area contributed by atoms with E-state index in [2.05, 4.69) is 12.2 Å². The van der Waals surface area contributed by atoms with Gasteiger partial charge in [-0.15, -0.1) is 0 Å². The fourth-order valence-electron chi connectivity index (χ4n) is 2.37. The van der Waals surface area contributed by atoms with Gasteiger partial charge in [-0.2, -0.15) is 0 Å². The molecule has 0 spiro atoms. The van der Waals surface area contributed by atoms with Crippen LogP contribution in [0.5, 0.6) is 0 Å². The standard InChI is InChI=1S/C16H20N2O3/c1-2-17-14(7-10-16-4-3-11-21-16)12-13-5-8-15(9-6-13)18(19)20/h3-6,8-9,11,14,17H,2,7,10,12H2,1H3. The third kappa shape index (κ3) is 4.72. The topological polar surface area (TPSA) is 68.3 Å². The number of hydrogen-bond acceptors (Lipinski definition) is 4. The minimum absolute atomic E-state index is 0.134. The van der Waals surface area contributed by atoms with E-state index < -0.39 is 0 Å². The Morgan fingerprint density at radius 3 is 2.62 bits per heavy atom. The number of nitro benzene ring substituents is 1. The molecule has 0 fully saturated rings. The van der Waals surface area contributed by atoms with Crippen molar-refractivity contribution in [2.45, 2.75) is 32.2 Å². The molecule has 112 valence electrons.